The van der Waals surface area contributed by atoms with Crippen LogP contribution in [-0.4, -0.2) is 31.7 Å². The molecule has 6 heteroatoms. The lowest BCUT2D eigenvalue weighted by atomic mass is 10.0. The SMILES string of the molecule is COc1ccc(C2CCCN2C(=O)NC2CCc3c(F)cccc32)cc1OC. The van der Waals surface area contributed by atoms with Gasteiger partial charge in [0.1, 0.15) is 5.82 Å². The summed E-state index contributed by atoms with van der Waals surface area (Å²) in [6.45, 7) is 0.702. The second-order valence-corrected chi connectivity index (χ2v) is 7.31. The van der Waals surface area contributed by atoms with E-state index < -0.39 is 0 Å². The molecular weight excluding hydrogens is 359 g/mol. The smallest absolute Gasteiger partial charge is 0.318 e. The molecule has 1 saturated heterocycles. The fraction of sp³-hybridized carbons (Fsp3) is 0.409. The average molecular weight is 384 g/mol. The van der Waals surface area contributed by atoms with Crippen LogP contribution in [0.1, 0.15) is 48.0 Å². The number of ether oxygens (including phenoxy) is 2. The van der Waals surface area contributed by atoms with Gasteiger partial charge in [0.25, 0.3) is 0 Å². The molecule has 2 unspecified atom stereocenters. The third kappa shape index (κ3) is 3.28. The zero-order valence-corrected chi connectivity index (χ0v) is 16.2. The average Bonchev–Trinajstić information content (AvgIpc) is 3.36. The van der Waals surface area contributed by atoms with Crippen molar-refractivity contribution in [1.29, 1.82) is 0 Å². The summed E-state index contributed by atoms with van der Waals surface area (Å²) in [6, 6.07) is 10.7. The molecule has 5 nitrogen and oxygen atoms in total. The summed E-state index contributed by atoms with van der Waals surface area (Å²) in [5.41, 5.74) is 2.66. The summed E-state index contributed by atoms with van der Waals surface area (Å²) in [5.74, 6) is 1.15. The second-order valence-electron chi connectivity index (χ2n) is 7.31. The molecule has 4 rings (SSSR count). The van der Waals surface area contributed by atoms with Gasteiger partial charge in [-0.3, -0.25) is 0 Å². The number of hydrogen-bond acceptors (Lipinski definition) is 3. The van der Waals surface area contributed by atoms with E-state index in [-0.39, 0.29) is 23.9 Å². The molecule has 1 aliphatic heterocycles. The summed E-state index contributed by atoms with van der Waals surface area (Å²) < 4.78 is 24.7. The zero-order valence-electron chi connectivity index (χ0n) is 16.2. The van der Waals surface area contributed by atoms with Gasteiger partial charge in [-0.1, -0.05) is 18.2 Å². The molecular formula is C22H25FN2O3. The largest absolute Gasteiger partial charge is 0.493 e. The highest BCUT2D eigenvalue weighted by molar-refractivity contribution is 5.76. The molecule has 148 valence electrons. The Kier molecular flexibility index (Phi) is 5.11. The number of benzene rings is 2. The topological polar surface area (TPSA) is 50.8 Å². The number of halogens is 1. The van der Waals surface area contributed by atoms with Gasteiger partial charge in [-0.2, -0.15) is 0 Å². The first kappa shape index (κ1) is 18.6. The van der Waals surface area contributed by atoms with Crippen molar-refractivity contribution in [1.82, 2.24) is 10.2 Å². The summed E-state index contributed by atoms with van der Waals surface area (Å²) in [6.07, 6.45) is 3.24. The maximum Gasteiger partial charge on any atom is 0.318 e. The molecule has 0 spiro atoms. The molecule has 1 heterocycles. The Balaban J connectivity index is 1.52. The molecule has 0 aromatic heterocycles. The molecule has 1 N–H and O–H groups in total. The standard InChI is InChI=1S/C22H25FN2O3/c1-27-20-11-8-14(13-21(20)28-2)19-7-4-12-25(19)22(26)24-18-10-9-15-16(18)5-3-6-17(15)23/h3,5-6,8,11,13,18-19H,4,7,9-10,12H2,1-2H3,(H,24,26). The number of urea groups is 1. The molecule has 0 saturated carbocycles. The van der Waals surface area contributed by atoms with E-state index in [1.807, 2.05) is 29.2 Å². The van der Waals surface area contributed by atoms with Gasteiger partial charge < -0.3 is 19.7 Å². The van der Waals surface area contributed by atoms with Crippen LogP contribution in [0.2, 0.25) is 0 Å². The molecule has 2 aromatic carbocycles. The molecule has 1 aliphatic carbocycles. The van der Waals surface area contributed by atoms with E-state index in [1.165, 1.54) is 6.07 Å². The fourth-order valence-corrected chi connectivity index (χ4v) is 4.41. The van der Waals surface area contributed by atoms with Crippen molar-refractivity contribution < 1.29 is 18.7 Å². The van der Waals surface area contributed by atoms with Crippen LogP contribution in [0.5, 0.6) is 11.5 Å². The maximum absolute atomic E-state index is 14.0. The Morgan fingerprint density at radius 1 is 1.14 bits per heavy atom. The number of likely N-dealkylation sites (tertiary alicyclic amines) is 1. The van der Waals surface area contributed by atoms with Crippen LogP contribution in [-0.2, 0) is 6.42 Å². The molecule has 2 atom stereocenters. The van der Waals surface area contributed by atoms with Crippen molar-refractivity contribution in [3.8, 4) is 11.5 Å². The minimum atomic E-state index is -0.182. The Hall–Kier alpha value is -2.76. The Bertz CT molecular complexity index is 886. The highest BCUT2D eigenvalue weighted by atomic mass is 19.1. The van der Waals surface area contributed by atoms with Crippen molar-refractivity contribution in [2.24, 2.45) is 0 Å². The first-order chi connectivity index (χ1) is 13.6. The summed E-state index contributed by atoms with van der Waals surface area (Å²) >= 11 is 0. The minimum Gasteiger partial charge on any atom is -0.493 e. The lowest BCUT2D eigenvalue weighted by Gasteiger charge is -2.27. The van der Waals surface area contributed by atoms with Crippen molar-refractivity contribution in [2.45, 2.75) is 37.8 Å². The van der Waals surface area contributed by atoms with Crippen molar-refractivity contribution >= 4 is 6.03 Å². The van der Waals surface area contributed by atoms with Crippen molar-refractivity contribution in [2.75, 3.05) is 20.8 Å². The third-order valence-corrected chi connectivity index (χ3v) is 5.82. The van der Waals surface area contributed by atoms with Gasteiger partial charge in [-0.05, 0) is 60.6 Å². The predicted octanol–water partition coefficient (Wildman–Crippen LogP) is 4.38. The van der Waals surface area contributed by atoms with Crippen LogP contribution in [0.4, 0.5) is 9.18 Å². The van der Waals surface area contributed by atoms with E-state index in [4.69, 9.17) is 9.47 Å². The number of carbonyl (C=O) groups excluding carboxylic acids is 1. The molecule has 28 heavy (non-hydrogen) atoms. The van der Waals surface area contributed by atoms with Crippen LogP contribution >= 0.6 is 0 Å². The van der Waals surface area contributed by atoms with Crippen LogP contribution < -0.4 is 14.8 Å². The highest BCUT2D eigenvalue weighted by Gasteiger charge is 2.33. The number of hydrogen-bond donors (Lipinski definition) is 1. The lowest BCUT2D eigenvalue weighted by molar-refractivity contribution is 0.188. The van der Waals surface area contributed by atoms with Gasteiger partial charge in [0, 0.05) is 6.54 Å². The molecule has 0 radical (unpaired) electrons. The van der Waals surface area contributed by atoms with Crippen molar-refractivity contribution in [3.05, 3.63) is 58.9 Å². The predicted molar refractivity (Wildman–Crippen MR) is 104 cm³/mol. The summed E-state index contributed by atoms with van der Waals surface area (Å²) in [5, 5.41) is 3.12. The van der Waals surface area contributed by atoms with Crippen LogP contribution in [0, 0.1) is 5.82 Å². The van der Waals surface area contributed by atoms with E-state index in [0.29, 0.717) is 24.5 Å². The number of carbonyl (C=O) groups is 1. The fourth-order valence-electron chi connectivity index (χ4n) is 4.41. The minimum absolute atomic E-state index is 0.00631. The number of rotatable bonds is 4. The monoisotopic (exact) mass is 384 g/mol. The number of methoxy groups -OCH3 is 2. The van der Waals surface area contributed by atoms with Crippen LogP contribution in [0.25, 0.3) is 0 Å². The van der Waals surface area contributed by atoms with Crippen molar-refractivity contribution in [3.63, 3.8) is 0 Å². The first-order valence-electron chi connectivity index (χ1n) is 9.68. The number of nitrogens with one attached hydrogen (secondary N) is 1. The number of nitrogens with zero attached hydrogens (tertiary/aromatic N) is 1. The normalized spacial score (nSPS) is 20.8. The molecule has 2 aliphatic rings. The van der Waals surface area contributed by atoms with Gasteiger partial charge in [0.15, 0.2) is 11.5 Å². The van der Waals surface area contributed by atoms with E-state index in [1.54, 1.807) is 20.3 Å². The molecule has 2 aromatic rings. The van der Waals surface area contributed by atoms with E-state index in [2.05, 4.69) is 5.32 Å². The van der Waals surface area contributed by atoms with E-state index in [9.17, 15) is 9.18 Å². The Labute approximate surface area is 164 Å². The molecule has 0 bridgehead atoms. The number of fused-ring (bicyclic) bond motifs is 1. The zero-order chi connectivity index (χ0) is 19.7. The van der Waals surface area contributed by atoms with E-state index in [0.717, 1.165) is 36.0 Å². The van der Waals surface area contributed by atoms with Gasteiger partial charge >= 0.3 is 6.03 Å². The van der Waals surface area contributed by atoms with Gasteiger partial charge in [-0.25, -0.2) is 9.18 Å². The van der Waals surface area contributed by atoms with Crippen LogP contribution in [0.3, 0.4) is 0 Å². The second kappa shape index (κ2) is 7.70. The summed E-state index contributed by atoms with van der Waals surface area (Å²) in [7, 11) is 3.21. The summed E-state index contributed by atoms with van der Waals surface area (Å²) in [4.78, 5) is 14.9. The van der Waals surface area contributed by atoms with Gasteiger partial charge in [-0.15, -0.1) is 0 Å². The Morgan fingerprint density at radius 3 is 2.75 bits per heavy atom. The third-order valence-electron chi connectivity index (χ3n) is 5.82. The number of amides is 2. The van der Waals surface area contributed by atoms with Gasteiger partial charge in [0.2, 0.25) is 0 Å². The molecule has 2 amide bonds. The first-order valence-corrected chi connectivity index (χ1v) is 9.68. The van der Waals surface area contributed by atoms with Gasteiger partial charge in [0.05, 0.1) is 26.3 Å². The van der Waals surface area contributed by atoms with E-state index >= 15 is 0 Å². The van der Waals surface area contributed by atoms with Crippen LogP contribution in [0.15, 0.2) is 36.4 Å². The molecule has 1 fully saturated rings. The quantitative estimate of drug-likeness (QED) is 0.851. The highest BCUT2D eigenvalue weighted by Crippen LogP contribution is 2.38. The maximum atomic E-state index is 14.0. The lowest BCUT2D eigenvalue weighted by Crippen LogP contribution is -2.40. The Morgan fingerprint density at radius 2 is 1.96 bits per heavy atom.